The van der Waals surface area contributed by atoms with E-state index < -0.39 is 0 Å². The van der Waals surface area contributed by atoms with E-state index in [1.54, 1.807) is 7.11 Å². The summed E-state index contributed by atoms with van der Waals surface area (Å²) in [6, 6.07) is 9.07. The summed E-state index contributed by atoms with van der Waals surface area (Å²) in [5.41, 5.74) is 3.84. The van der Waals surface area contributed by atoms with E-state index in [0.717, 1.165) is 32.7 Å². The number of methoxy groups -OCH3 is 1. The average Bonchev–Trinajstić information content (AvgIpc) is 3.17. The van der Waals surface area contributed by atoms with Crippen LogP contribution in [-0.2, 0) is 24.4 Å². The zero-order valence-electron chi connectivity index (χ0n) is 13.4. The van der Waals surface area contributed by atoms with E-state index in [-0.39, 0.29) is 0 Å². The Labute approximate surface area is 135 Å². The number of benzene rings is 1. The Morgan fingerprint density at radius 3 is 3.22 bits per heavy atom. The molecule has 4 rings (SSSR count). The first kappa shape index (κ1) is 14.5. The molecule has 0 saturated carbocycles. The summed E-state index contributed by atoms with van der Waals surface area (Å²) in [4.78, 5) is 10.1. The second-order valence-electron chi connectivity index (χ2n) is 6.24. The average molecular weight is 310 g/mol. The van der Waals surface area contributed by atoms with Gasteiger partial charge in [-0.1, -0.05) is 12.1 Å². The molecule has 23 heavy (non-hydrogen) atoms. The number of aryl methyl sites for hydroxylation is 1. The van der Waals surface area contributed by atoms with Gasteiger partial charge >= 0.3 is 0 Å². The Kier molecular flexibility index (Phi) is 3.89. The molecule has 120 valence electrons. The van der Waals surface area contributed by atoms with Crippen molar-refractivity contribution in [2.24, 2.45) is 0 Å². The lowest BCUT2D eigenvalue weighted by Gasteiger charge is -2.29. The van der Waals surface area contributed by atoms with Crippen molar-refractivity contribution >= 4 is 10.9 Å². The molecule has 1 aliphatic heterocycles. The number of nitrogens with zero attached hydrogens (tertiary/aromatic N) is 3. The van der Waals surface area contributed by atoms with Crippen LogP contribution in [0.15, 0.2) is 43.0 Å². The van der Waals surface area contributed by atoms with Crippen LogP contribution in [-0.4, -0.2) is 39.2 Å². The fourth-order valence-electron chi connectivity index (χ4n) is 3.56. The number of hydrogen-bond acceptors (Lipinski definition) is 3. The third-order valence-corrected chi connectivity index (χ3v) is 4.80. The Hall–Kier alpha value is -2.11. The number of fused-ring (bicyclic) bond motifs is 2. The topological polar surface area (TPSA) is 46.1 Å². The van der Waals surface area contributed by atoms with Gasteiger partial charge in [0.15, 0.2) is 0 Å². The number of nitrogens with one attached hydrogen (secondary N) is 1. The highest BCUT2D eigenvalue weighted by Crippen LogP contribution is 2.24. The number of aromatic nitrogens is 3. The van der Waals surface area contributed by atoms with Crippen molar-refractivity contribution in [1.82, 2.24) is 19.4 Å². The molecule has 3 heterocycles. The Morgan fingerprint density at radius 2 is 2.30 bits per heavy atom. The smallest absolute Gasteiger partial charge is 0.0948 e. The lowest BCUT2D eigenvalue weighted by atomic mass is 10.1. The van der Waals surface area contributed by atoms with Crippen LogP contribution in [0.2, 0.25) is 0 Å². The van der Waals surface area contributed by atoms with Crippen molar-refractivity contribution < 1.29 is 4.74 Å². The third-order valence-electron chi connectivity index (χ3n) is 4.80. The van der Waals surface area contributed by atoms with Crippen molar-refractivity contribution in [2.45, 2.75) is 32.1 Å². The second kappa shape index (κ2) is 6.18. The van der Waals surface area contributed by atoms with Gasteiger partial charge in [-0.05, 0) is 24.1 Å². The molecule has 0 bridgehead atoms. The standard InChI is InChI=1S/C18H22N4O/c1-23-12-15-6-8-21-13-19-9-16(21)11-22(15)10-14-3-2-4-18-17(14)5-7-20-18/h2-5,7,9,13,15,20H,6,8,10-12H2,1H3/t15-/m0/s1. The summed E-state index contributed by atoms with van der Waals surface area (Å²) < 4.78 is 7.74. The Morgan fingerprint density at radius 1 is 1.35 bits per heavy atom. The molecule has 0 unspecified atom stereocenters. The molecule has 0 amide bonds. The Bertz CT molecular complexity index is 791. The minimum absolute atomic E-state index is 0.425. The van der Waals surface area contributed by atoms with Crippen LogP contribution in [0.3, 0.4) is 0 Å². The van der Waals surface area contributed by atoms with Crippen LogP contribution in [0.1, 0.15) is 17.7 Å². The minimum atomic E-state index is 0.425. The highest BCUT2D eigenvalue weighted by atomic mass is 16.5. The summed E-state index contributed by atoms with van der Waals surface area (Å²) >= 11 is 0. The summed E-state index contributed by atoms with van der Waals surface area (Å²) in [5, 5.41) is 1.31. The number of hydrogen-bond donors (Lipinski definition) is 1. The van der Waals surface area contributed by atoms with Crippen LogP contribution < -0.4 is 0 Å². The van der Waals surface area contributed by atoms with E-state index >= 15 is 0 Å². The van der Waals surface area contributed by atoms with E-state index in [0.29, 0.717) is 6.04 Å². The number of aromatic amines is 1. The predicted molar refractivity (Wildman–Crippen MR) is 90.1 cm³/mol. The zero-order chi connectivity index (χ0) is 15.6. The first-order valence-corrected chi connectivity index (χ1v) is 8.12. The summed E-state index contributed by atoms with van der Waals surface area (Å²) in [7, 11) is 1.79. The molecular formula is C18H22N4O. The maximum atomic E-state index is 5.48. The predicted octanol–water partition coefficient (Wildman–Crippen LogP) is 2.79. The molecule has 2 aromatic heterocycles. The van der Waals surface area contributed by atoms with Crippen molar-refractivity contribution in [3.8, 4) is 0 Å². The van der Waals surface area contributed by atoms with Gasteiger partial charge < -0.3 is 14.3 Å². The molecule has 1 atom stereocenters. The highest BCUT2D eigenvalue weighted by Gasteiger charge is 2.24. The largest absolute Gasteiger partial charge is 0.383 e. The van der Waals surface area contributed by atoms with E-state index in [1.807, 2.05) is 18.7 Å². The van der Waals surface area contributed by atoms with Crippen LogP contribution in [0.4, 0.5) is 0 Å². The molecule has 0 aliphatic carbocycles. The van der Waals surface area contributed by atoms with E-state index in [2.05, 4.69) is 43.7 Å². The molecule has 5 nitrogen and oxygen atoms in total. The van der Waals surface area contributed by atoms with Crippen LogP contribution in [0.5, 0.6) is 0 Å². The summed E-state index contributed by atoms with van der Waals surface area (Å²) in [6.45, 7) is 3.61. The van der Waals surface area contributed by atoms with Gasteiger partial charge in [-0.25, -0.2) is 4.98 Å². The molecule has 1 N–H and O–H groups in total. The zero-order valence-corrected chi connectivity index (χ0v) is 13.4. The van der Waals surface area contributed by atoms with Crippen LogP contribution in [0.25, 0.3) is 10.9 Å². The number of ether oxygens (including phenoxy) is 1. The molecule has 5 heteroatoms. The first-order valence-electron chi connectivity index (χ1n) is 8.12. The number of rotatable bonds is 4. The monoisotopic (exact) mass is 310 g/mol. The molecule has 1 aromatic carbocycles. The fraction of sp³-hybridized carbons (Fsp3) is 0.389. The molecule has 0 fully saturated rings. The minimum Gasteiger partial charge on any atom is -0.383 e. The molecule has 0 radical (unpaired) electrons. The molecular weight excluding hydrogens is 288 g/mol. The SMILES string of the molecule is COC[C@@H]1CCn2cncc2CN1Cc1cccc2[nH]ccc12. The first-order chi connectivity index (χ1) is 11.3. The van der Waals surface area contributed by atoms with Gasteiger partial charge in [0, 0.05) is 56.1 Å². The highest BCUT2D eigenvalue weighted by molar-refractivity contribution is 5.82. The van der Waals surface area contributed by atoms with Crippen molar-refractivity contribution in [1.29, 1.82) is 0 Å². The molecule has 0 saturated heterocycles. The van der Waals surface area contributed by atoms with E-state index in [9.17, 15) is 0 Å². The lowest BCUT2D eigenvalue weighted by Crippen LogP contribution is -2.36. The summed E-state index contributed by atoms with van der Waals surface area (Å²) in [5.74, 6) is 0. The third kappa shape index (κ3) is 2.78. The van der Waals surface area contributed by atoms with Gasteiger partial charge in [-0.15, -0.1) is 0 Å². The van der Waals surface area contributed by atoms with Gasteiger partial charge in [-0.3, -0.25) is 4.90 Å². The van der Waals surface area contributed by atoms with E-state index in [4.69, 9.17) is 4.74 Å². The normalized spacial score (nSPS) is 18.9. The van der Waals surface area contributed by atoms with Crippen LogP contribution in [0, 0.1) is 0 Å². The quantitative estimate of drug-likeness (QED) is 0.806. The lowest BCUT2D eigenvalue weighted by molar-refractivity contribution is 0.0783. The van der Waals surface area contributed by atoms with Gasteiger partial charge in [0.05, 0.1) is 18.6 Å². The molecule has 1 aliphatic rings. The van der Waals surface area contributed by atoms with Gasteiger partial charge in [0.1, 0.15) is 0 Å². The fourth-order valence-corrected chi connectivity index (χ4v) is 3.56. The molecule has 3 aromatic rings. The number of imidazole rings is 1. The van der Waals surface area contributed by atoms with E-state index in [1.165, 1.54) is 22.2 Å². The van der Waals surface area contributed by atoms with Gasteiger partial charge in [0.25, 0.3) is 0 Å². The molecule has 0 spiro atoms. The maximum absolute atomic E-state index is 5.48. The second-order valence-corrected chi connectivity index (χ2v) is 6.24. The van der Waals surface area contributed by atoms with Gasteiger partial charge in [0.2, 0.25) is 0 Å². The summed E-state index contributed by atoms with van der Waals surface area (Å²) in [6.07, 6.45) is 7.02. The maximum Gasteiger partial charge on any atom is 0.0948 e. The van der Waals surface area contributed by atoms with Gasteiger partial charge in [-0.2, -0.15) is 0 Å². The van der Waals surface area contributed by atoms with Crippen molar-refractivity contribution in [3.05, 3.63) is 54.2 Å². The van der Waals surface area contributed by atoms with Crippen LogP contribution >= 0.6 is 0 Å². The van der Waals surface area contributed by atoms with Crippen molar-refractivity contribution in [2.75, 3.05) is 13.7 Å². The Balaban J connectivity index is 1.65. The number of H-pyrrole nitrogens is 1. The van der Waals surface area contributed by atoms with Crippen molar-refractivity contribution in [3.63, 3.8) is 0 Å².